The molecule has 21 saturated heterocycles. The molecule has 75 heavy (non-hydrogen) atoms. The molecule has 0 radical (unpaired) electrons. The summed E-state index contributed by atoms with van der Waals surface area (Å²) in [6, 6.07) is 0. The van der Waals surface area contributed by atoms with Crippen LogP contribution in [-0.2, 0) is 75.8 Å². The molecule has 0 aromatic heterocycles. The van der Waals surface area contributed by atoms with Gasteiger partial charge in [-0.3, -0.25) is 0 Å². The van der Waals surface area contributed by atoms with Gasteiger partial charge in [-0.2, -0.15) is 0 Å². The van der Waals surface area contributed by atoms with Gasteiger partial charge in [-0.05, 0) is 0 Å². The average Bonchev–Trinajstić information content (AvgIpc) is 4.37. The summed E-state index contributed by atoms with van der Waals surface area (Å²) >= 11 is 0. The molecule has 432 valence electrons. The van der Waals surface area contributed by atoms with E-state index in [2.05, 4.69) is 0 Å². The van der Waals surface area contributed by atoms with E-state index in [0.29, 0.717) is 0 Å². The molecule has 17 N–H and O–H groups in total. The second-order valence-corrected chi connectivity index (χ2v) is 19.8. The highest BCUT2D eigenvalue weighted by Gasteiger charge is 2.65. The molecule has 0 unspecified atom stereocenters. The summed E-state index contributed by atoms with van der Waals surface area (Å²) in [6.45, 7) is -6.20. The molecule has 21 aliphatic heterocycles. The fourth-order valence-electron chi connectivity index (χ4n) is 10.9. The lowest BCUT2D eigenvalue weighted by atomic mass is 9.95. The lowest BCUT2D eigenvalue weighted by molar-refractivity contribution is -0.392. The van der Waals surface area contributed by atoms with E-state index in [1.165, 1.54) is 0 Å². The molecule has 21 heterocycles. The lowest BCUT2D eigenvalue weighted by Crippen LogP contribution is -2.68. The number of aliphatic hydroxyl groups is 17. The molecule has 0 amide bonds. The Bertz CT molecular complexity index is 1860. The number of epoxide rings is 2. The first-order valence-electron chi connectivity index (χ1n) is 24.5. The Labute approximate surface area is 423 Å². The molecule has 35 atom stereocenters. The molecule has 21 aliphatic rings. The minimum Gasteiger partial charge on any atom is -0.394 e. The Balaban J connectivity index is 0.908. The Kier molecular flexibility index (Phi) is 17.7. The van der Waals surface area contributed by atoms with Crippen LogP contribution in [0.2, 0.25) is 0 Å². The maximum atomic E-state index is 11.4. The summed E-state index contributed by atoms with van der Waals surface area (Å²) < 4.78 is 93.5. The minimum absolute atomic E-state index is 0.778. The summed E-state index contributed by atoms with van der Waals surface area (Å²) in [5, 5.41) is 186. The summed E-state index contributed by atoms with van der Waals surface area (Å²) in [4.78, 5) is 0. The van der Waals surface area contributed by atoms with Gasteiger partial charge in [0.05, 0.1) is 46.2 Å². The first-order chi connectivity index (χ1) is 36.0. The van der Waals surface area contributed by atoms with Crippen molar-refractivity contribution in [1.29, 1.82) is 0 Å². The molecule has 33 nitrogen and oxygen atoms in total. The first-order valence-corrected chi connectivity index (χ1v) is 24.5. The molecule has 0 aliphatic carbocycles. The summed E-state index contributed by atoms with van der Waals surface area (Å²) in [5.74, 6) is 0. The van der Waals surface area contributed by atoms with E-state index in [0.717, 1.165) is 0 Å². The van der Waals surface area contributed by atoms with Crippen LogP contribution in [0.3, 0.4) is 0 Å². The minimum atomic E-state index is -2.14. The van der Waals surface area contributed by atoms with E-state index < -0.39 is 261 Å². The molecular weight excluding hydrogens is 1030 g/mol. The SMILES string of the molecule is OC[C@H]1O[C@@H]2O[C@H]3[C@H](O)[C@@H](O)[C@@H](O[C@H]4[C@@H]5O[C@@H]5[C@@H](O[C@H]5[C@H](O)[C@@H](O)[C@@H](O[C@H]6[C@H]7O[C@@H]7[C@@H](O[C@H]7[C@H](O)[C@@H](O)[C@@H](O[C@H]8[C@H](O)[C@@H](O)[C@@H](O[C@H]1[C@H](O)[C@H]2O)O[C@@H]8CO)O[C@@H]7CO)O[C@@H]6CO)O[C@@H]5CO)O[C@@H]4CO)O[C@@H]3CO. The molecule has 14 bridgehead atoms. The Morgan fingerprint density at radius 1 is 0.160 bits per heavy atom. The van der Waals surface area contributed by atoms with Crippen molar-refractivity contribution in [3.05, 3.63) is 0 Å². The third kappa shape index (κ3) is 10.6. The molecule has 33 heteroatoms. The lowest BCUT2D eigenvalue weighted by Gasteiger charge is -2.49. The van der Waals surface area contributed by atoms with Gasteiger partial charge in [-0.25, -0.2) is 0 Å². The topological polar surface area (TPSA) is 498 Å². The summed E-state index contributed by atoms with van der Waals surface area (Å²) in [5.41, 5.74) is 0. The molecule has 0 saturated carbocycles. The van der Waals surface area contributed by atoms with Crippen molar-refractivity contribution in [3.8, 4) is 0 Å². The molecule has 21 fully saturated rings. The van der Waals surface area contributed by atoms with Crippen molar-refractivity contribution in [2.24, 2.45) is 0 Å². The van der Waals surface area contributed by atoms with E-state index in [9.17, 15) is 86.8 Å². The summed E-state index contributed by atoms with van der Waals surface area (Å²) in [6.07, 6.45) is -58.2. The molecule has 0 aromatic rings. The zero-order chi connectivity index (χ0) is 53.5. The van der Waals surface area contributed by atoms with E-state index in [1.54, 1.807) is 0 Å². The number of aliphatic hydroxyl groups excluding tert-OH is 17. The molecule has 21 rings (SSSR count). The molecular formula is C42H66O33. The van der Waals surface area contributed by atoms with Crippen molar-refractivity contribution in [2.75, 3.05) is 46.2 Å². The van der Waals surface area contributed by atoms with E-state index in [4.69, 9.17) is 75.8 Å². The van der Waals surface area contributed by atoms with Gasteiger partial charge in [-0.15, -0.1) is 0 Å². The highest BCUT2D eigenvalue weighted by atomic mass is 16.8. The highest BCUT2D eigenvalue weighted by Crippen LogP contribution is 2.45. The van der Waals surface area contributed by atoms with Crippen molar-refractivity contribution in [1.82, 2.24) is 0 Å². The van der Waals surface area contributed by atoms with Crippen LogP contribution in [0.25, 0.3) is 0 Å². The Morgan fingerprint density at radius 3 is 0.547 bits per heavy atom. The number of ether oxygens (including phenoxy) is 16. The van der Waals surface area contributed by atoms with Crippen LogP contribution in [0.1, 0.15) is 0 Å². The van der Waals surface area contributed by atoms with Gasteiger partial charge in [0.15, 0.2) is 44.0 Å². The largest absolute Gasteiger partial charge is 0.394 e. The first kappa shape index (κ1) is 56.9. The van der Waals surface area contributed by atoms with Crippen LogP contribution in [0.5, 0.6) is 0 Å². The zero-order valence-electron chi connectivity index (χ0n) is 39.3. The van der Waals surface area contributed by atoms with Crippen LogP contribution < -0.4 is 0 Å². The van der Waals surface area contributed by atoms with Crippen LogP contribution in [0.4, 0.5) is 0 Å². The van der Waals surface area contributed by atoms with Crippen LogP contribution >= 0.6 is 0 Å². The van der Waals surface area contributed by atoms with Crippen LogP contribution in [0.15, 0.2) is 0 Å². The normalized spacial score (nSPS) is 57.3. The second-order valence-electron chi connectivity index (χ2n) is 19.8. The predicted octanol–water partition coefficient (Wildman–Crippen LogP) is -13.1. The fraction of sp³-hybridized carbons (Fsp3) is 1.00. The quantitative estimate of drug-likeness (QED) is 0.105. The van der Waals surface area contributed by atoms with E-state index in [1.807, 2.05) is 0 Å². The Morgan fingerprint density at radius 2 is 0.333 bits per heavy atom. The summed E-state index contributed by atoms with van der Waals surface area (Å²) in [7, 11) is 0. The van der Waals surface area contributed by atoms with Crippen molar-refractivity contribution < 1.29 is 163 Å². The van der Waals surface area contributed by atoms with Gasteiger partial charge >= 0.3 is 0 Å². The van der Waals surface area contributed by atoms with Gasteiger partial charge in [0.1, 0.15) is 171 Å². The van der Waals surface area contributed by atoms with Crippen molar-refractivity contribution in [3.63, 3.8) is 0 Å². The third-order valence-corrected chi connectivity index (χ3v) is 15.2. The van der Waals surface area contributed by atoms with Crippen molar-refractivity contribution in [2.45, 2.75) is 215 Å². The third-order valence-electron chi connectivity index (χ3n) is 15.2. The van der Waals surface area contributed by atoms with Gasteiger partial charge in [0.2, 0.25) is 0 Å². The molecule has 0 aromatic carbocycles. The van der Waals surface area contributed by atoms with Gasteiger partial charge in [-0.1, -0.05) is 0 Å². The van der Waals surface area contributed by atoms with E-state index >= 15 is 0 Å². The second kappa shape index (κ2) is 23.3. The van der Waals surface area contributed by atoms with E-state index in [-0.39, 0.29) is 0 Å². The number of fused-ring (bicyclic) bond motifs is 2. The highest BCUT2D eigenvalue weighted by molar-refractivity contribution is 5.07. The maximum Gasteiger partial charge on any atom is 0.187 e. The average molecular weight is 1100 g/mol. The van der Waals surface area contributed by atoms with Gasteiger partial charge in [0, 0.05) is 0 Å². The standard InChI is InChI=1S/C42H66O33/c43-1-8-25-15(50)21(56)37(61-8)71-27-10(3-45)63-39(23(58)17(27)52)74-30-13(6-48)66-42(35-32(30)67-35)73-29-12(5-47)64-40(24(59)19(29)54)75-31-14(7-49)65-41(34-33(31)68-34)72-28-11(4-46)62-38(22(57)18(28)53)70-26-9(2-44)60-36(69-25)20(55)16(26)51/h8-59H,1-7H2/t8-,9-,10-,11-,12-,13-,14-,15-,16-,17-,18-,19-,20-,21-,22-,23-,24-,25-,26-,27-,28-,29-,30-,31-,32+,33-,34+,35+,36-,37-,38-,39-,40-,41-,42-/m1/s1. The smallest absolute Gasteiger partial charge is 0.187 e. The number of hydrogen-bond acceptors (Lipinski definition) is 33. The van der Waals surface area contributed by atoms with Gasteiger partial charge < -0.3 is 163 Å². The zero-order valence-corrected chi connectivity index (χ0v) is 39.3. The Hall–Kier alpha value is -1.32. The fourth-order valence-corrected chi connectivity index (χ4v) is 10.9. The number of hydrogen-bond donors (Lipinski definition) is 17. The monoisotopic (exact) mass is 1100 g/mol. The van der Waals surface area contributed by atoms with Crippen LogP contribution in [-0.4, -0.2) is 348 Å². The molecule has 0 spiro atoms. The predicted molar refractivity (Wildman–Crippen MR) is 222 cm³/mol. The van der Waals surface area contributed by atoms with Crippen LogP contribution in [0, 0.1) is 0 Å². The number of rotatable bonds is 7. The van der Waals surface area contributed by atoms with Crippen molar-refractivity contribution >= 4 is 0 Å². The maximum absolute atomic E-state index is 11.4. The van der Waals surface area contributed by atoms with Gasteiger partial charge in [0.25, 0.3) is 0 Å².